The van der Waals surface area contributed by atoms with Gasteiger partial charge in [0.2, 0.25) is 0 Å². The fourth-order valence-corrected chi connectivity index (χ4v) is 4.37. The van der Waals surface area contributed by atoms with Gasteiger partial charge in [0.25, 0.3) is 5.91 Å². The number of amides is 1. The van der Waals surface area contributed by atoms with Gasteiger partial charge >= 0.3 is 0 Å². The molecule has 11 nitrogen and oxygen atoms in total. The van der Waals surface area contributed by atoms with Gasteiger partial charge in [-0.3, -0.25) is 14.0 Å². The summed E-state index contributed by atoms with van der Waals surface area (Å²) in [5, 5.41) is 30.1. The normalized spacial score (nSPS) is 15.2. The standard InChI is InChI=1S/C27H29FN8O3/c1-27(2,38)23(28)15-32-26(37)21-14-30-24(35-6-3-18-9-17(11-29)12-31-25(18)35)10-22(21)34-19-13-33-36(16-19)20-4-7-39-8-5-20/h3,6,9-10,12-14,16,20,23,38H,4-5,7-8,15H2,1-2H3,(H,30,34)(H,32,37). The second-order valence-corrected chi connectivity index (χ2v) is 10.0. The molecule has 4 aromatic heterocycles. The minimum absolute atomic E-state index is 0.191. The number of hydrogen-bond donors (Lipinski definition) is 3. The molecular weight excluding hydrogens is 503 g/mol. The third kappa shape index (κ3) is 5.74. The van der Waals surface area contributed by atoms with Crippen molar-refractivity contribution in [3.8, 4) is 11.9 Å². The first-order valence-corrected chi connectivity index (χ1v) is 12.6. The molecule has 1 fully saturated rings. The summed E-state index contributed by atoms with van der Waals surface area (Å²) < 4.78 is 23.4. The van der Waals surface area contributed by atoms with E-state index in [1.54, 1.807) is 29.1 Å². The Morgan fingerprint density at radius 3 is 2.82 bits per heavy atom. The van der Waals surface area contributed by atoms with Crippen molar-refractivity contribution in [1.29, 1.82) is 5.26 Å². The smallest absolute Gasteiger partial charge is 0.255 e. The van der Waals surface area contributed by atoms with E-state index in [1.807, 2.05) is 16.9 Å². The second kappa shape index (κ2) is 10.8. The summed E-state index contributed by atoms with van der Waals surface area (Å²) in [6, 6.07) is 7.57. The van der Waals surface area contributed by atoms with Gasteiger partial charge in [-0.15, -0.1) is 0 Å². The van der Waals surface area contributed by atoms with Gasteiger partial charge in [-0.2, -0.15) is 10.4 Å². The number of aromatic nitrogens is 5. The fourth-order valence-electron chi connectivity index (χ4n) is 4.37. The number of aliphatic hydroxyl groups is 1. The number of nitriles is 1. The lowest BCUT2D eigenvalue weighted by Crippen LogP contribution is -2.42. The quantitative estimate of drug-likeness (QED) is 0.313. The predicted molar refractivity (Wildman–Crippen MR) is 142 cm³/mol. The van der Waals surface area contributed by atoms with Crippen molar-refractivity contribution >= 4 is 28.3 Å². The summed E-state index contributed by atoms with van der Waals surface area (Å²) in [5.74, 6) is -0.0626. The summed E-state index contributed by atoms with van der Waals surface area (Å²) in [6.45, 7) is 3.69. The van der Waals surface area contributed by atoms with E-state index in [4.69, 9.17) is 4.74 Å². The molecule has 5 rings (SSSR count). The van der Waals surface area contributed by atoms with Gasteiger partial charge in [0.1, 0.15) is 23.7 Å². The minimum Gasteiger partial charge on any atom is -0.387 e. The largest absolute Gasteiger partial charge is 0.387 e. The maximum absolute atomic E-state index is 14.3. The van der Waals surface area contributed by atoms with Crippen molar-refractivity contribution in [2.45, 2.75) is 44.5 Å². The van der Waals surface area contributed by atoms with E-state index in [1.165, 1.54) is 26.2 Å². The molecule has 1 saturated heterocycles. The van der Waals surface area contributed by atoms with Gasteiger partial charge in [0.05, 0.1) is 46.9 Å². The zero-order valence-electron chi connectivity index (χ0n) is 21.6. The summed E-state index contributed by atoms with van der Waals surface area (Å²) in [5.41, 5.74) is 0.740. The number of anilines is 2. The number of halogens is 1. The van der Waals surface area contributed by atoms with Crippen LogP contribution in [0.2, 0.25) is 0 Å². The van der Waals surface area contributed by atoms with Crippen LogP contribution in [-0.2, 0) is 4.74 Å². The molecule has 0 spiro atoms. The Balaban J connectivity index is 1.47. The molecule has 0 bridgehead atoms. The molecule has 0 aliphatic carbocycles. The highest BCUT2D eigenvalue weighted by Gasteiger charge is 2.27. The van der Waals surface area contributed by atoms with E-state index < -0.39 is 17.7 Å². The lowest BCUT2D eigenvalue weighted by atomic mass is 10.0. The number of ether oxygens (including phenoxy) is 1. The van der Waals surface area contributed by atoms with Crippen LogP contribution in [0, 0.1) is 11.3 Å². The fraction of sp³-hybridized carbons (Fsp3) is 0.370. The third-order valence-electron chi connectivity index (χ3n) is 6.69. The van der Waals surface area contributed by atoms with Crippen LogP contribution >= 0.6 is 0 Å². The monoisotopic (exact) mass is 532 g/mol. The molecule has 202 valence electrons. The maximum Gasteiger partial charge on any atom is 0.255 e. The number of carbonyl (C=O) groups is 1. The van der Waals surface area contributed by atoms with Gasteiger partial charge in [0.15, 0.2) is 0 Å². The predicted octanol–water partition coefficient (Wildman–Crippen LogP) is 3.42. The molecule has 1 amide bonds. The summed E-state index contributed by atoms with van der Waals surface area (Å²) in [4.78, 5) is 22.0. The van der Waals surface area contributed by atoms with E-state index in [2.05, 4.69) is 31.8 Å². The summed E-state index contributed by atoms with van der Waals surface area (Å²) in [6.07, 6.45) is 8.30. The summed E-state index contributed by atoms with van der Waals surface area (Å²) in [7, 11) is 0. The lowest BCUT2D eigenvalue weighted by Gasteiger charge is -2.22. The Kier molecular flexibility index (Phi) is 7.28. The first-order chi connectivity index (χ1) is 18.7. The SMILES string of the molecule is CC(C)(O)C(F)CNC(=O)c1cnc(-n2ccc3cc(C#N)cnc32)cc1Nc1cnn(C2CCOCC2)c1. The number of pyridine rings is 2. The van der Waals surface area contributed by atoms with Crippen molar-refractivity contribution in [3.05, 3.63) is 60.3 Å². The van der Waals surface area contributed by atoms with Gasteiger partial charge in [0, 0.05) is 49.5 Å². The van der Waals surface area contributed by atoms with Crippen LogP contribution in [0.5, 0.6) is 0 Å². The molecule has 1 aliphatic rings. The zero-order chi connectivity index (χ0) is 27.6. The van der Waals surface area contributed by atoms with E-state index in [-0.39, 0.29) is 18.2 Å². The average Bonchev–Trinajstić information content (AvgIpc) is 3.58. The summed E-state index contributed by atoms with van der Waals surface area (Å²) >= 11 is 0. The Hall–Kier alpha value is -4.34. The van der Waals surface area contributed by atoms with Crippen LogP contribution in [-0.4, -0.2) is 66.9 Å². The highest BCUT2D eigenvalue weighted by Crippen LogP contribution is 2.27. The molecule has 5 heterocycles. The molecule has 1 unspecified atom stereocenters. The minimum atomic E-state index is -1.65. The van der Waals surface area contributed by atoms with Crippen LogP contribution < -0.4 is 10.6 Å². The number of nitrogens with zero attached hydrogens (tertiary/aromatic N) is 6. The Morgan fingerprint density at radius 2 is 2.08 bits per heavy atom. The molecule has 12 heteroatoms. The van der Waals surface area contributed by atoms with Crippen molar-refractivity contribution in [2.75, 3.05) is 25.1 Å². The molecule has 1 atom stereocenters. The Morgan fingerprint density at radius 1 is 1.28 bits per heavy atom. The first kappa shape index (κ1) is 26.3. The second-order valence-electron chi connectivity index (χ2n) is 10.0. The highest BCUT2D eigenvalue weighted by atomic mass is 19.1. The molecule has 3 N–H and O–H groups in total. The van der Waals surface area contributed by atoms with Crippen molar-refractivity contribution in [1.82, 2.24) is 29.6 Å². The topological polar surface area (TPSA) is 143 Å². The molecule has 0 saturated carbocycles. The van der Waals surface area contributed by atoms with Crippen molar-refractivity contribution < 1.29 is 19.0 Å². The van der Waals surface area contributed by atoms with E-state index in [0.29, 0.717) is 41.6 Å². The van der Waals surface area contributed by atoms with Crippen LogP contribution in [0.25, 0.3) is 16.9 Å². The Bertz CT molecular complexity index is 1530. The van der Waals surface area contributed by atoms with Gasteiger partial charge in [-0.1, -0.05) is 0 Å². The zero-order valence-corrected chi connectivity index (χ0v) is 21.6. The molecule has 4 aromatic rings. The van der Waals surface area contributed by atoms with Gasteiger partial charge in [-0.05, 0) is 38.8 Å². The number of alkyl halides is 1. The number of nitrogens with one attached hydrogen (secondary N) is 2. The first-order valence-electron chi connectivity index (χ1n) is 12.6. The Labute approximate surface area is 224 Å². The number of carbonyl (C=O) groups excluding carboxylic acids is 1. The van der Waals surface area contributed by atoms with Crippen LogP contribution in [0.4, 0.5) is 15.8 Å². The van der Waals surface area contributed by atoms with Gasteiger partial charge in [-0.25, -0.2) is 14.4 Å². The number of rotatable bonds is 8. The average molecular weight is 533 g/mol. The van der Waals surface area contributed by atoms with Crippen LogP contribution in [0.3, 0.4) is 0 Å². The number of fused-ring (bicyclic) bond motifs is 1. The van der Waals surface area contributed by atoms with Crippen molar-refractivity contribution in [3.63, 3.8) is 0 Å². The molecular formula is C27H29FN8O3. The third-order valence-corrected chi connectivity index (χ3v) is 6.69. The molecule has 0 aromatic carbocycles. The molecule has 0 radical (unpaired) electrons. The van der Waals surface area contributed by atoms with Gasteiger partial charge < -0.3 is 20.5 Å². The highest BCUT2D eigenvalue weighted by molar-refractivity contribution is 6.00. The van der Waals surface area contributed by atoms with Crippen LogP contribution in [0.1, 0.15) is 48.7 Å². The van der Waals surface area contributed by atoms with E-state index in [0.717, 1.165) is 18.2 Å². The lowest BCUT2D eigenvalue weighted by molar-refractivity contribution is -0.00177. The van der Waals surface area contributed by atoms with Crippen LogP contribution in [0.15, 0.2) is 49.2 Å². The molecule has 1 aliphatic heterocycles. The van der Waals surface area contributed by atoms with E-state index >= 15 is 0 Å². The maximum atomic E-state index is 14.3. The number of hydrogen-bond acceptors (Lipinski definition) is 8. The van der Waals surface area contributed by atoms with Crippen molar-refractivity contribution in [2.24, 2.45) is 0 Å². The molecule has 39 heavy (non-hydrogen) atoms. The van der Waals surface area contributed by atoms with E-state index in [9.17, 15) is 19.6 Å².